The van der Waals surface area contributed by atoms with E-state index in [2.05, 4.69) is 18.3 Å². The SMILES string of the molecule is CCCc1ccccc1NC1CCS(=O)(=O)C1. The molecule has 0 radical (unpaired) electrons. The van der Waals surface area contributed by atoms with Crippen molar-refractivity contribution in [2.45, 2.75) is 32.2 Å². The summed E-state index contributed by atoms with van der Waals surface area (Å²) in [4.78, 5) is 0. The van der Waals surface area contributed by atoms with E-state index in [1.165, 1.54) is 5.56 Å². The molecule has 0 spiro atoms. The van der Waals surface area contributed by atoms with Crippen LogP contribution in [0.4, 0.5) is 5.69 Å². The Bertz CT molecular complexity index is 482. The van der Waals surface area contributed by atoms with E-state index in [0.29, 0.717) is 5.75 Å². The summed E-state index contributed by atoms with van der Waals surface area (Å²) >= 11 is 0. The van der Waals surface area contributed by atoms with Crippen LogP contribution in [0.1, 0.15) is 25.3 Å². The van der Waals surface area contributed by atoms with E-state index in [0.717, 1.165) is 24.9 Å². The van der Waals surface area contributed by atoms with Gasteiger partial charge in [0.2, 0.25) is 0 Å². The summed E-state index contributed by atoms with van der Waals surface area (Å²) in [5.41, 5.74) is 2.37. The van der Waals surface area contributed by atoms with Gasteiger partial charge in [0.15, 0.2) is 9.84 Å². The molecule has 0 amide bonds. The van der Waals surface area contributed by atoms with Gasteiger partial charge in [-0.2, -0.15) is 0 Å². The second-order valence-electron chi connectivity index (χ2n) is 4.65. The highest BCUT2D eigenvalue weighted by Gasteiger charge is 2.27. The van der Waals surface area contributed by atoms with E-state index in [-0.39, 0.29) is 11.8 Å². The third-order valence-corrected chi connectivity index (χ3v) is 4.90. The van der Waals surface area contributed by atoms with Crippen molar-refractivity contribution in [2.24, 2.45) is 0 Å². The van der Waals surface area contributed by atoms with Gasteiger partial charge in [0, 0.05) is 11.7 Å². The molecule has 1 fully saturated rings. The van der Waals surface area contributed by atoms with Gasteiger partial charge in [-0.3, -0.25) is 0 Å². The summed E-state index contributed by atoms with van der Waals surface area (Å²) in [7, 11) is -2.80. The van der Waals surface area contributed by atoms with Gasteiger partial charge in [0.05, 0.1) is 11.5 Å². The molecule has 0 aliphatic carbocycles. The summed E-state index contributed by atoms with van der Waals surface area (Å²) < 4.78 is 22.8. The first kappa shape index (κ1) is 12.4. The van der Waals surface area contributed by atoms with Crippen LogP contribution < -0.4 is 5.32 Å². The molecule has 1 atom stereocenters. The number of nitrogens with one attached hydrogen (secondary N) is 1. The number of rotatable bonds is 4. The minimum Gasteiger partial charge on any atom is -0.381 e. The molecule has 1 heterocycles. The number of aryl methyl sites for hydroxylation is 1. The van der Waals surface area contributed by atoms with Crippen molar-refractivity contribution in [2.75, 3.05) is 16.8 Å². The fourth-order valence-electron chi connectivity index (χ4n) is 2.28. The average molecular weight is 253 g/mol. The van der Waals surface area contributed by atoms with Gasteiger partial charge in [-0.15, -0.1) is 0 Å². The van der Waals surface area contributed by atoms with Gasteiger partial charge in [-0.05, 0) is 24.5 Å². The van der Waals surface area contributed by atoms with Crippen molar-refractivity contribution in [3.05, 3.63) is 29.8 Å². The maximum Gasteiger partial charge on any atom is 0.152 e. The fourth-order valence-corrected chi connectivity index (χ4v) is 3.95. The topological polar surface area (TPSA) is 46.2 Å². The Morgan fingerprint density at radius 2 is 2.12 bits per heavy atom. The van der Waals surface area contributed by atoms with Crippen LogP contribution >= 0.6 is 0 Å². The molecule has 0 bridgehead atoms. The molecule has 1 aromatic carbocycles. The molecule has 4 heteroatoms. The van der Waals surface area contributed by atoms with Crippen molar-refractivity contribution in [1.29, 1.82) is 0 Å². The highest BCUT2D eigenvalue weighted by molar-refractivity contribution is 7.91. The molecule has 3 nitrogen and oxygen atoms in total. The van der Waals surface area contributed by atoms with E-state index in [1.54, 1.807) is 0 Å². The van der Waals surface area contributed by atoms with E-state index in [9.17, 15) is 8.42 Å². The lowest BCUT2D eigenvalue weighted by Crippen LogP contribution is -2.21. The second-order valence-corrected chi connectivity index (χ2v) is 6.88. The van der Waals surface area contributed by atoms with Gasteiger partial charge < -0.3 is 5.32 Å². The second kappa shape index (κ2) is 5.08. The van der Waals surface area contributed by atoms with Crippen molar-refractivity contribution in [3.63, 3.8) is 0 Å². The first-order valence-electron chi connectivity index (χ1n) is 6.15. The maximum atomic E-state index is 11.4. The minimum atomic E-state index is -2.80. The zero-order valence-corrected chi connectivity index (χ0v) is 11.0. The fraction of sp³-hybridized carbons (Fsp3) is 0.538. The highest BCUT2D eigenvalue weighted by atomic mass is 32.2. The van der Waals surface area contributed by atoms with Crippen LogP contribution in [0.25, 0.3) is 0 Å². The minimum absolute atomic E-state index is 0.0815. The van der Waals surface area contributed by atoms with Crippen molar-refractivity contribution < 1.29 is 8.42 Å². The van der Waals surface area contributed by atoms with Crippen molar-refractivity contribution >= 4 is 15.5 Å². The van der Waals surface area contributed by atoms with Gasteiger partial charge >= 0.3 is 0 Å². The van der Waals surface area contributed by atoms with Crippen LogP contribution in [-0.2, 0) is 16.3 Å². The molecular formula is C13H19NO2S. The van der Waals surface area contributed by atoms with E-state index in [4.69, 9.17) is 0 Å². The molecule has 0 saturated carbocycles. The largest absolute Gasteiger partial charge is 0.381 e. The smallest absolute Gasteiger partial charge is 0.152 e. The standard InChI is InChI=1S/C13H19NO2S/c1-2-5-11-6-3-4-7-13(11)14-12-8-9-17(15,16)10-12/h3-4,6-7,12,14H,2,5,8-10H2,1H3. The van der Waals surface area contributed by atoms with E-state index in [1.807, 2.05) is 18.2 Å². The van der Waals surface area contributed by atoms with Crippen LogP contribution in [0.2, 0.25) is 0 Å². The summed E-state index contributed by atoms with van der Waals surface area (Å²) in [6, 6.07) is 8.25. The quantitative estimate of drug-likeness (QED) is 0.895. The molecule has 2 rings (SSSR count). The Kier molecular flexibility index (Phi) is 3.72. The van der Waals surface area contributed by atoms with Gasteiger partial charge in [0.1, 0.15) is 0 Å². The number of hydrogen-bond donors (Lipinski definition) is 1. The van der Waals surface area contributed by atoms with Crippen LogP contribution in [0.15, 0.2) is 24.3 Å². The Balaban J connectivity index is 2.08. The molecule has 17 heavy (non-hydrogen) atoms. The predicted molar refractivity (Wildman–Crippen MR) is 71.1 cm³/mol. The summed E-state index contributed by atoms with van der Waals surface area (Å²) in [6.07, 6.45) is 2.85. The predicted octanol–water partition coefficient (Wildman–Crippen LogP) is 2.24. The van der Waals surface area contributed by atoms with Gasteiger partial charge in [0.25, 0.3) is 0 Å². The zero-order chi connectivity index (χ0) is 12.3. The third kappa shape index (κ3) is 3.22. The molecule has 94 valence electrons. The number of sulfone groups is 1. The Labute approximate surface area is 103 Å². The lowest BCUT2D eigenvalue weighted by molar-refractivity contribution is 0.602. The van der Waals surface area contributed by atoms with Crippen molar-refractivity contribution in [1.82, 2.24) is 0 Å². The molecular weight excluding hydrogens is 234 g/mol. The number of hydrogen-bond acceptors (Lipinski definition) is 3. The average Bonchev–Trinajstić information content (AvgIpc) is 2.61. The normalized spacial score (nSPS) is 22.5. The molecule has 1 saturated heterocycles. The molecule has 1 aliphatic rings. The van der Waals surface area contributed by atoms with Crippen LogP contribution in [0, 0.1) is 0 Å². The first-order chi connectivity index (χ1) is 8.11. The maximum absolute atomic E-state index is 11.4. The lowest BCUT2D eigenvalue weighted by atomic mass is 10.1. The third-order valence-electron chi connectivity index (χ3n) is 3.13. The monoisotopic (exact) mass is 253 g/mol. The number of para-hydroxylation sites is 1. The molecule has 1 N–H and O–H groups in total. The Morgan fingerprint density at radius 3 is 2.76 bits per heavy atom. The molecule has 1 aromatic rings. The van der Waals surface area contributed by atoms with Gasteiger partial charge in [-0.25, -0.2) is 8.42 Å². The summed E-state index contributed by atoms with van der Waals surface area (Å²) in [5, 5.41) is 3.37. The zero-order valence-electron chi connectivity index (χ0n) is 10.1. The summed E-state index contributed by atoms with van der Waals surface area (Å²) in [5.74, 6) is 0.591. The highest BCUT2D eigenvalue weighted by Crippen LogP contribution is 2.21. The van der Waals surface area contributed by atoms with E-state index < -0.39 is 9.84 Å². The molecule has 1 unspecified atom stereocenters. The van der Waals surface area contributed by atoms with Crippen LogP contribution in [0.3, 0.4) is 0 Å². The Hall–Kier alpha value is -1.03. The van der Waals surface area contributed by atoms with Crippen molar-refractivity contribution in [3.8, 4) is 0 Å². The van der Waals surface area contributed by atoms with Crippen LogP contribution in [0.5, 0.6) is 0 Å². The molecule has 1 aliphatic heterocycles. The lowest BCUT2D eigenvalue weighted by Gasteiger charge is -2.15. The summed E-state index contributed by atoms with van der Waals surface area (Å²) in [6.45, 7) is 2.15. The van der Waals surface area contributed by atoms with Crippen LogP contribution in [-0.4, -0.2) is 26.0 Å². The van der Waals surface area contributed by atoms with E-state index >= 15 is 0 Å². The Morgan fingerprint density at radius 1 is 1.35 bits per heavy atom. The molecule has 0 aromatic heterocycles. The number of benzene rings is 1. The number of anilines is 1. The van der Waals surface area contributed by atoms with Gasteiger partial charge in [-0.1, -0.05) is 31.5 Å². The first-order valence-corrected chi connectivity index (χ1v) is 7.98.